The lowest BCUT2D eigenvalue weighted by Gasteiger charge is -2.19. The van der Waals surface area contributed by atoms with Crippen LogP contribution >= 0.6 is 0 Å². The second-order valence-electron chi connectivity index (χ2n) is 9.08. The number of nitrogens with one attached hydrogen (secondary N) is 1. The maximum Gasteiger partial charge on any atom is 0.412 e. The first kappa shape index (κ1) is 22.7. The monoisotopic (exact) mass is 414 g/mol. The number of hydrogen-bond acceptors (Lipinski definition) is 5. The van der Waals surface area contributed by atoms with E-state index in [9.17, 15) is 10.1 Å². The predicted octanol–water partition coefficient (Wildman–Crippen LogP) is 5.08. The fraction of sp³-hybridized carbons (Fsp3) is 0.476. The Hall–Kier alpha value is -2.63. The van der Waals surface area contributed by atoms with Crippen LogP contribution < -0.4 is 5.32 Å². The number of ether oxygens (including phenoxy) is 2. The van der Waals surface area contributed by atoms with Crippen molar-refractivity contribution in [2.45, 2.75) is 58.8 Å². The van der Waals surface area contributed by atoms with Crippen LogP contribution in [-0.2, 0) is 16.2 Å². The van der Waals surface area contributed by atoms with Gasteiger partial charge in [0.05, 0.1) is 0 Å². The van der Waals surface area contributed by atoms with E-state index < -0.39 is 19.8 Å². The van der Waals surface area contributed by atoms with Crippen LogP contribution in [0.25, 0.3) is 11.4 Å². The van der Waals surface area contributed by atoms with Crippen LogP contribution in [0.1, 0.15) is 26.5 Å². The molecule has 0 radical (unpaired) electrons. The summed E-state index contributed by atoms with van der Waals surface area (Å²) in [5.41, 5.74) is 1.23. The summed E-state index contributed by atoms with van der Waals surface area (Å²) in [6, 6.07) is 10.4. The molecule has 1 aromatic heterocycles. The van der Waals surface area contributed by atoms with Gasteiger partial charge in [0.15, 0.2) is 5.69 Å². The van der Waals surface area contributed by atoms with Crippen LogP contribution in [0.2, 0.25) is 25.7 Å². The largest absolute Gasteiger partial charge is 0.444 e. The number of imidazole rings is 1. The summed E-state index contributed by atoms with van der Waals surface area (Å²) in [6.07, 6.45) is 1.19. The molecule has 29 heavy (non-hydrogen) atoms. The number of rotatable bonds is 7. The normalized spacial score (nSPS) is 11.8. The van der Waals surface area contributed by atoms with Gasteiger partial charge in [-0.05, 0) is 51.1 Å². The third-order valence-electron chi connectivity index (χ3n) is 3.91. The molecule has 2 rings (SSSR count). The van der Waals surface area contributed by atoms with Gasteiger partial charge in [0, 0.05) is 32.1 Å². The minimum Gasteiger partial charge on any atom is -0.444 e. The summed E-state index contributed by atoms with van der Waals surface area (Å²) in [5, 5.41) is 11.9. The molecule has 0 spiro atoms. The Balaban J connectivity index is 2.08. The third-order valence-corrected chi connectivity index (χ3v) is 5.61. The molecule has 0 fully saturated rings. The quantitative estimate of drug-likeness (QED) is 0.504. The van der Waals surface area contributed by atoms with Gasteiger partial charge in [-0.3, -0.25) is 5.32 Å². The first-order chi connectivity index (χ1) is 13.5. The Morgan fingerprint density at radius 3 is 2.45 bits per heavy atom. The topological polar surface area (TPSA) is 89.2 Å². The molecule has 0 saturated carbocycles. The van der Waals surface area contributed by atoms with Crippen molar-refractivity contribution in [1.29, 1.82) is 5.26 Å². The molecule has 0 aliphatic heterocycles. The summed E-state index contributed by atoms with van der Waals surface area (Å²) in [5.74, 6) is 0.651. The first-order valence-electron chi connectivity index (χ1n) is 9.62. The van der Waals surface area contributed by atoms with Crippen LogP contribution in [0.5, 0.6) is 0 Å². The van der Waals surface area contributed by atoms with Crippen molar-refractivity contribution in [2.24, 2.45) is 0 Å². The van der Waals surface area contributed by atoms with E-state index in [1.807, 2.05) is 37.5 Å². The number of aromatic nitrogens is 2. The summed E-state index contributed by atoms with van der Waals surface area (Å²) in [7, 11) is -1.16. The Bertz CT molecular complexity index is 871. The van der Waals surface area contributed by atoms with Crippen molar-refractivity contribution < 1.29 is 14.3 Å². The summed E-state index contributed by atoms with van der Waals surface area (Å²) in [4.78, 5) is 16.3. The van der Waals surface area contributed by atoms with Crippen LogP contribution in [0, 0.1) is 11.3 Å². The van der Waals surface area contributed by atoms with Crippen LogP contribution in [0.15, 0.2) is 30.5 Å². The van der Waals surface area contributed by atoms with E-state index in [2.05, 4.69) is 36.0 Å². The molecular weight excluding hydrogens is 384 g/mol. The van der Waals surface area contributed by atoms with Crippen molar-refractivity contribution in [3.63, 3.8) is 0 Å². The van der Waals surface area contributed by atoms with Crippen molar-refractivity contribution in [3.8, 4) is 17.5 Å². The molecule has 2 aromatic rings. The molecule has 1 aromatic carbocycles. The van der Waals surface area contributed by atoms with Gasteiger partial charge in [-0.15, -0.1) is 0 Å². The SMILES string of the molecule is CC(C)(C)OC(=O)Nc1ccc(-c2nc(C#N)cn2COCC[Si](C)(C)C)cc1. The molecule has 0 aliphatic carbocycles. The molecule has 0 aliphatic rings. The standard InChI is InChI=1S/C21H30N4O3Si/c1-21(2,3)28-20(26)24-17-9-7-16(8-10-17)19-23-18(13-22)14-25(19)15-27-11-12-29(4,5)6/h7-10,14H,11-12,15H2,1-6H3,(H,24,26). The van der Waals surface area contributed by atoms with Gasteiger partial charge < -0.3 is 14.0 Å². The highest BCUT2D eigenvalue weighted by Gasteiger charge is 2.17. The zero-order chi connectivity index (χ0) is 21.7. The van der Waals surface area contributed by atoms with E-state index in [4.69, 9.17) is 9.47 Å². The number of anilines is 1. The van der Waals surface area contributed by atoms with Crippen molar-refractivity contribution >= 4 is 19.9 Å². The second kappa shape index (κ2) is 9.24. The van der Waals surface area contributed by atoms with Gasteiger partial charge in [-0.2, -0.15) is 5.26 Å². The van der Waals surface area contributed by atoms with E-state index in [1.165, 1.54) is 0 Å². The number of carbonyl (C=O) groups excluding carboxylic acids is 1. The van der Waals surface area contributed by atoms with Crippen molar-refractivity contribution in [3.05, 3.63) is 36.2 Å². The van der Waals surface area contributed by atoms with Gasteiger partial charge in [0.1, 0.15) is 24.2 Å². The van der Waals surface area contributed by atoms with Crippen molar-refractivity contribution in [2.75, 3.05) is 11.9 Å². The molecule has 8 heteroatoms. The van der Waals surface area contributed by atoms with E-state index in [0.29, 0.717) is 30.5 Å². The van der Waals surface area contributed by atoms with Gasteiger partial charge in [0.2, 0.25) is 0 Å². The highest BCUT2D eigenvalue weighted by Crippen LogP contribution is 2.22. The number of amides is 1. The Morgan fingerprint density at radius 2 is 1.90 bits per heavy atom. The molecule has 0 saturated heterocycles. The minimum absolute atomic E-state index is 0.338. The molecule has 0 bridgehead atoms. The van der Waals surface area contributed by atoms with E-state index >= 15 is 0 Å². The molecule has 7 nitrogen and oxygen atoms in total. The van der Waals surface area contributed by atoms with Crippen molar-refractivity contribution in [1.82, 2.24) is 9.55 Å². The highest BCUT2D eigenvalue weighted by atomic mass is 28.3. The molecule has 1 heterocycles. The number of hydrogen-bond donors (Lipinski definition) is 1. The number of nitriles is 1. The third kappa shape index (κ3) is 7.72. The first-order valence-corrected chi connectivity index (χ1v) is 13.3. The Kier molecular flexibility index (Phi) is 7.22. The molecule has 1 N–H and O–H groups in total. The Morgan fingerprint density at radius 1 is 1.24 bits per heavy atom. The van der Waals surface area contributed by atoms with Crippen LogP contribution in [-0.4, -0.2) is 35.9 Å². The van der Waals surface area contributed by atoms with Crippen LogP contribution in [0.4, 0.5) is 10.5 Å². The second-order valence-corrected chi connectivity index (χ2v) is 14.7. The summed E-state index contributed by atoms with van der Waals surface area (Å²) < 4.78 is 12.9. The molecule has 0 atom stereocenters. The lowest BCUT2D eigenvalue weighted by atomic mass is 10.2. The summed E-state index contributed by atoms with van der Waals surface area (Å²) in [6.45, 7) is 13.4. The van der Waals surface area contributed by atoms with E-state index in [1.54, 1.807) is 18.3 Å². The average molecular weight is 415 g/mol. The number of nitrogens with zero attached hydrogens (tertiary/aromatic N) is 3. The van der Waals surface area contributed by atoms with E-state index in [0.717, 1.165) is 11.6 Å². The molecular formula is C21H30N4O3Si. The summed E-state index contributed by atoms with van der Waals surface area (Å²) >= 11 is 0. The highest BCUT2D eigenvalue weighted by molar-refractivity contribution is 6.76. The van der Waals surface area contributed by atoms with Crippen LogP contribution in [0.3, 0.4) is 0 Å². The van der Waals surface area contributed by atoms with Gasteiger partial charge in [-0.1, -0.05) is 19.6 Å². The van der Waals surface area contributed by atoms with Gasteiger partial charge >= 0.3 is 6.09 Å². The lowest BCUT2D eigenvalue weighted by molar-refractivity contribution is 0.0636. The maximum atomic E-state index is 11.9. The lowest BCUT2D eigenvalue weighted by Crippen LogP contribution is -2.27. The minimum atomic E-state index is -1.16. The maximum absolute atomic E-state index is 11.9. The number of carbonyl (C=O) groups is 1. The van der Waals surface area contributed by atoms with E-state index in [-0.39, 0.29) is 0 Å². The zero-order valence-electron chi connectivity index (χ0n) is 18.1. The van der Waals surface area contributed by atoms with Gasteiger partial charge in [0.25, 0.3) is 0 Å². The van der Waals surface area contributed by atoms with Gasteiger partial charge in [-0.25, -0.2) is 9.78 Å². The predicted molar refractivity (Wildman–Crippen MR) is 116 cm³/mol. The zero-order valence-corrected chi connectivity index (χ0v) is 19.1. The molecule has 156 valence electrons. The average Bonchev–Trinajstić information content (AvgIpc) is 3.00. The Labute approximate surface area is 173 Å². The smallest absolute Gasteiger partial charge is 0.412 e. The molecule has 0 unspecified atom stereocenters. The fourth-order valence-corrected chi connectivity index (χ4v) is 3.22. The number of benzene rings is 1. The molecule has 1 amide bonds. The fourth-order valence-electron chi connectivity index (χ4n) is 2.46.